The van der Waals surface area contributed by atoms with E-state index in [2.05, 4.69) is 38.1 Å². The summed E-state index contributed by atoms with van der Waals surface area (Å²) in [4.78, 5) is 1.52. The zero-order valence-corrected chi connectivity index (χ0v) is 11.3. The van der Waals surface area contributed by atoms with Crippen molar-refractivity contribution < 1.29 is 0 Å². The number of thiophene rings is 1. The van der Waals surface area contributed by atoms with Crippen LogP contribution in [0.15, 0.2) is 30.4 Å². The summed E-state index contributed by atoms with van der Waals surface area (Å²) in [5, 5.41) is 1.35. The molecule has 0 atom stereocenters. The van der Waals surface area contributed by atoms with Crippen molar-refractivity contribution in [1.29, 1.82) is 0 Å². The molecule has 0 radical (unpaired) electrons. The molecule has 0 aliphatic heterocycles. The van der Waals surface area contributed by atoms with E-state index in [4.69, 9.17) is 5.73 Å². The van der Waals surface area contributed by atoms with Crippen LogP contribution in [-0.4, -0.2) is 0 Å². The minimum absolute atomic E-state index is 0.866. The van der Waals surface area contributed by atoms with Gasteiger partial charge in [0.2, 0.25) is 0 Å². The van der Waals surface area contributed by atoms with E-state index in [0.29, 0.717) is 0 Å². The van der Waals surface area contributed by atoms with Crippen molar-refractivity contribution in [2.45, 2.75) is 33.1 Å². The van der Waals surface area contributed by atoms with Gasteiger partial charge in [-0.05, 0) is 55.3 Å². The molecule has 0 aliphatic carbocycles. The minimum atomic E-state index is 0.866. The highest BCUT2D eigenvalue weighted by Gasteiger charge is 2.09. The Bertz CT molecular complexity index is 537. The second kappa shape index (κ2) is 5.37. The Morgan fingerprint density at radius 3 is 2.88 bits per heavy atom. The number of benzene rings is 1. The Hall–Kier alpha value is -1.28. The van der Waals surface area contributed by atoms with Crippen LogP contribution < -0.4 is 5.73 Å². The molecule has 90 valence electrons. The maximum Gasteiger partial charge on any atom is 0.0350 e. The van der Waals surface area contributed by atoms with Gasteiger partial charge in [0.05, 0.1) is 0 Å². The number of aryl methyl sites for hydroxylation is 2. The van der Waals surface area contributed by atoms with Gasteiger partial charge in [0, 0.05) is 15.3 Å². The van der Waals surface area contributed by atoms with Gasteiger partial charge < -0.3 is 5.73 Å². The summed E-state index contributed by atoms with van der Waals surface area (Å²) in [7, 11) is 0. The summed E-state index contributed by atoms with van der Waals surface area (Å²) in [6, 6.07) is 6.26. The molecular weight excluding hydrogens is 226 g/mol. The summed E-state index contributed by atoms with van der Waals surface area (Å²) in [6.07, 6.45) is 7.72. The normalized spacial score (nSPS) is 11.6. The number of rotatable bonds is 4. The molecule has 17 heavy (non-hydrogen) atoms. The summed E-state index contributed by atoms with van der Waals surface area (Å²) >= 11 is 1.92. The average Bonchev–Trinajstić information content (AvgIpc) is 2.66. The van der Waals surface area contributed by atoms with Crippen LogP contribution in [0.1, 0.15) is 30.7 Å². The fraction of sp³-hybridized carbons (Fsp3) is 0.333. The molecule has 0 spiro atoms. The van der Waals surface area contributed by atoms with Crippen molar-refractivity contribution >= 4 is 27.1 Å². The molecule has 2 rings (SSSR count). The Balaban J connectivity index is 2.41. The maximum absolute atomic E-state index is 5.87. The molecule has 0 amide bonds. The first-order chi connectivity index (χ1) is 8.26. The summed E-state index contributed by atoms with van der Waals surface area (Å²) < 4.78 is 1.37. The molecule has 2 heteroatoms. The topological polar surface area (TPSA) is 26.0 Å². The second-order valence-corrected chi connectivity index (χ2v) is 5.36. The van der Waals surface area contributed by atoms with Gasteiger partial charge in [-0.3, -0.25) is 0 Å². The van der Waals surface area contributed by atoms with E-state index in [1.165, 1.54) is 20.5 Å². The van der Waals surface area contributed by atoms with Gasteiger partial charge in [-0.2, -0.15) is 0 Å². The van der Waals surface area contributed by atoms with Crippen LogP contribution in [-0.2, 0) is 12.8 Å². The molecule has 2 N–H and O–H groups in total. The highest BCUT2D eigenvalue weighted by Crippen LogP contribution is 2.33. The fourth-order valence-corrected chi connectivity index (χ4v) is 3.48. The second-order valence-electron chi connectivity index (χ2n) is 4.22. The first-order valence-corrected chi connectivity index (χ1v) is 6.98. The molecule has 0 bridgehead atoms. The van der Waals surface area contributed by atoms with Crippen molar-refractivity contribution in [3.63, 3.8) is 0 Å². The number of nitrogen functional groups attached to an aromatic ring is 1. The number of anilines is 1. The number of nitrogens with two attached hydrogens (primary N) is 1. The van der Waals surface area contributed by atoms with E-state index < -0.39 is 0 Å². The van der Waals surface area contributed by atoms with Crippen LogP contribution >= 0.6 is 11.3 Å². The Morgan fingerprint density at radius 2 is 2.18 bits per heavy atom. The van der Waals surface area contributed by atoms with E-state index >= 15 is 0 Å². The van der Waals surface area contributed by atoms with Gasteiger partial charge in [0.1, 0.15) is 0 Å². The predicted octanol–water partition coefficient (Wildman–Crippen LogP) is 4.55. The SMILES string of the molecule is CC=CCCc1sc2ccc(N)cc2c1CC. The van der Waals surface area contributed by atoms with Gasteiger partial charge in [-0.1, -0.05) is 19.1 Å². The molecule has 1 aromatic carbocycles. The van der Waals surface area contributed by atoms with E-state index in [1.807, 2.05) is 17.4 Å². The lowest BCUT2D eigenvalue weighted by Crippen LogP contribution is -1.87. The molecule has 0 unspecified atom stereocenters. The van der Waals surface area contributed by atoms with Gasteiger partial charge >= 0.3 is 0 Å². The van der Waals surface area contributed by atoms with Crippen LogP contribution in [0.4, 0.5) is 5.69 Å². The molecule has 1 aromatic heterocycles. The van der Waals surface area contributed by atoms with E-state index in [-0.39, 0.29) is 0 Å². The molecule has 0 saturated heterocycles. The summed E-state index contributed by atoms with van der Waals surface area (Å²) in [5.41, 5.74) is 8.23. The fourth-order valence-electron chi connectivity index (χ4n) is 2.19. The van der Waals surface area contributed by atoms with Crippen LogP contribution in [0.5, 0.6) is 0 Å². The van der Waals surface area contributed by atoms with Crippen LogP contribution in [0.2, 0.25) is 0 Å². The van der Waals surface area contributed by atoms with Gasteiger partial charge in [0.25, 0.3) is 0 Å². The monoisotopic (exact) mass is 245 g/mol. The lowest BCUT2D eigenvalue weighted by molar-refractivity contribution is 0.993. The molecule has 1 nitrogen and oxygen atoms in total. The highest BCUT2D eigenvalue weighted by atomic mass is 32.1. The van der Waals surface area contributed by atoms with Crippen molar-refractivity contribution in [1.82, 2.24) is 0 Å². The van der Waals surface area contributed by atoms with Crippen molar-refractivity contribution in [2.75, 3.05) is 5.73 Å². The molecule has 1 heterocycles. The number of fused-ring (bicyclic) bond motifs is 1. The zero-order chi connectivity index (χ0) is 12.3. The first-order valence-electron chi connectivity index (χ1n) is 6.17. The Labute approximate surface area is 107 Å². The van der Waals surface area contributed by atoms with Crippen molar-refractivity contribution in [3.8, 4) is 0 Å². The third-order valence-electron chi connectivity index (χ3n) is 3.03. The largest absolute Gasteiger partial charge is 0.399 e. The Kier molecular flexibility index (Phi) is 3.85. The lowest BCUT2D eigenvalue weighted by atomic mass is 10.1. The highest BCUT2D eigenvalue weighted by molar-refractivity contribution is 7.19. The van der Waals surface area contributed by atoms with Gasteiger partial charge in [0.15, 0.2) is 0 Å². The summed E-state index contributed by atoms with van der Waals surface area (Å²) in [5.74, 6) is 0. The van der Waals surface area contributed by atoms with Gasteiger partial charge in [-0.25, -0.2) is 0 Å². The van der Waals surface area contributed by atoms with E-state index in [1.54, 1.807) is 0 Å². The molecule has 2 aromatic rings. The number of hydrogen-bond acceptors (Lipinski definition) is 2. The quantitative estimate of drug-likeness (QED) is 0.620. The maximum atomic E-state index is 5.87. The van der Waals surface area contributed by atoms with Crippen LogP contribution in [0, 0.1) is 0 Å². The first kappa shape index (κ1) is 12.2. The van der Waals surface area contributed by atoms with Crippen LogP contribution in [0.25, 0.3) is 10.1 Å². The molecule has 0 saturated carbocycles. The van der Waals surface area contributed by atoms with Crippen molar-refractivity contribution in [3.05, 3.63) is 40.8 Å². The zero-order valence-electron chi connectivity index (χ0n) is 10.5. The molecular formula is C15H19NS. The molecule has 0 aliphatic rings. The van der Waals surface area contributed by atoms with E-state index in [9.17, 15) is 0 Å². The lowest BCUT2D eigenvalue weighted by Gasteiger charge is -2.00. The minimum Gasteiger partial charge on any atom is -0.399 e. The predicted molar refractivity (Wildman–Crippen MR) is 78.8 cm³/mol. The average molecular weight is 245 g/mol. The van der Waals surface area contributed by atoms with E-state index in [0.717, 1.165) is 24.9 Å². The third-order valence-corrected chi connectivity index (χ3v) is 4.30. The third kappa shape index (κ3) is 2.52. The standard InChI is InChI=1S/C15H19NS/c1-3-5-6-7-14-12(4-2)13-10-11(16)8-9-15(13)17-14/h3,5,8-10H,4,6-7,16H2,1-2H3. The van der Waals surface area contributed by atoms with Crippen LogP contribution in [0.3, 0.4) is 0 Å². The van der Waals surface area contributed by atoms with Crippen molar-refractivity contribution in [2.24, 2.45) is 0 Å². The summed E-state index contributed by atoms with van der Waals surface area (Å²) in [6.45, 7) is 4.30. The Morgan fingerprint density at radius 1 is 1.35 bits per heavy atom. The number of allylic oxidation sites excluding steroid dienone is 2. The van der Waals surface area contributed by atoms with Gasteiger partial charge in [-0.15, -0.1) is 11.3 Å². The molecule has 0 fully saturated rings. The smallest absolute Gasteiger partial charge is 0.0350 e. The number of hydrogen-bond donors (Lipinski definition) is 1.